The summed E-state index contributed by atoms with van der Waals surface area (Å²) in [5.41, 5.74) is 0.424. The minimum atomic E-state index is -0.909. The summed E-state index contributed by atoms with van der Waals surface area (Å²) in [7, 11) is 1.97. The van der Waals surface area contributed by atoms with Crippen molar-refractivity contribution < 1.29 is 13.3 Å². The molecule has 0 bridgehead atoms. The van der Waals surface area contributed by atoms with Crippen molar-refractivity contribution in [1.29, 1.82) is 0 Å². The zero-order valence-corrected chi connectivity index (χ0v) is 11.8. The van der Waals surface area contributed by atoms with Gasteiger partial charge in [-0.2, -0.15) is 4.98 Å². The van der Waals surface area contributed by atoms with E-state index in [1.807, 2.05) is 7.05 Å². The van der Waals surface area contributed by atoms with Crippen LogP contribution >= 0.6 is 0 Å². The molecule has 0 atom stereocenters. The van der Waals surface area contributed by atoms with Gasteiger partial charge in [0.15, 0.2) is 11.6 Å². The van der Waals surface area contributed by atoms with Gasteiger partial charge in [-0.15, -0.1) is 0 Å². The maximum atomic E-state index is 13.2. The maximum absolute atomic E-state index is 13.2. The predicted molar refractivity (Wildman–Crippen MR) is 73.7 cm³/mol. The van der Waals surface area contributed by atoms with E-state index >= 15 is 0 Å². The fourth-order valence-electron chi connectivity index (χ4n) is 2.78. The van der Waals surface area contributed by atoms with Crippen LogP contribution in [0.1, 0.15) is 37.5 Å². The van der Waals surface area contributed by atoms with Crippen molar-refractivity contribution in [2.24, 2.45) is 0 Å². The molecule has 2 aromatic rings. The quantitative estimate of drug-likeness (QED) is 0.943. The van der Waals surface area contributed by atoms with Crippen molar-refractivity contribution in [2.75, 3.05) is 7.05 Å². The van der Waals surface area contributed by atoms with Gasteiger partial charge in [-0.25, -0.2) is 8.78 Å². The van der Waals surface area contributed by atoms with Crippen LogP contribution in [-0.2, 0) is 0 Å². The predicted octanol–water partition coefficient (Wildman–Crippen LogP) is 3.26. The molecule has 21 heavy (non-hydrogen) atoms. The summed E-state index contributed by atoms with van der Waals surface area (Å²) in [4.78, 5) is 4.34. The SMILES string of the molecule is CNC1CCC(c2nc(-c3ccc(F)c(F)c3)no2)CC1. The molecule has 0 amide bonds. The van der Waals surface area contributed by atoms with Crippen molar-refractivity contribution in [1.82, 2.24) is 15.5 Å². The molecule has 4 nitrogen and oxygen atoms in total. The molecule has 1 fully saturated rings. The van der Waals surface area contributed by atoms with Crippen LogP contribution in [-0.4, -0.2) is 23.2 Å². The number of rotatable bonds is 3. The van der Waals surface area contributed by atoms with Crippen LogP contribution in [0.2, 0.25) is 0 Å². The molecular formula is C15H17F2N3O. The lowest BCUT2D eigenvalue weighted by molar-refractivity contribution is 0.289. The molecule has 0 spiro atoms. The number of halogens is 2. The summed E-state index contributed by atoms with van der Waals surface area (Å²) in [6.45, 7) is 0. The van der Waals surface area contributed by atoms with Gasteiger partial charge < -0.3 is 9.84 Å². The van der Waals surface area contributed by atoms with E-state index in [1.165, 1.54) is 6.07 Å². The van der Waals surface area contributed by atoms with Crippen LogP contribution < -0.4 is 5.32 Å². The van der Waals surface area contributed by atoms with Gasteiger partial charge >= 0.3 is 0 Å². The minimum absolute atomic E-state index is 0.251. The molecule has 0 unspecified atom stereocenters. The highest BCUT2D eigenvalue weighted by Gasteiger charge is 2.26. The zero-order chi connectivity index (χ0) is 14.8. The number of nitrogens with zero attached hydrogens (tertiary/aromatic N) is 2. The lowest BCUT2D eigenvalue weighted by atomic mass is 9.86. The van der Waals surface area contributed by atoms with E-state index in [0.29, 0.717) is 23.3 Å². The summed E-state index contributed by atoms with van der Waals surface area (Å²) >= 11 is 0. The number of hydrogen-bond donors (Lipinski definition) is 1. The molecule has 1 N–H and O–H groups in total. The molecule has 3 rings (SSSR count). The second-order valence-electron chi connectivity index (χ2n) is 5.42. The lowest BCUT2D eigenvalue weighted by Crippen LogP contribution is -2.29. The van der Waals surface area contributed by atoms with Crippen molar-refractivity contribution in [2.45, 2.75) is 37.6 Å². The third kappa shape index (κ3) is 2.95. The molecule has 1 aromatic carbocycles. The van der Waals surface area contributed by atoms with Crippen molar-refractivity contribution in [3.05, 3.63) is 35.7 Å². The van der Waals surface area contributed by atoms with Gasteiger partial charge in [-0.3, -0.25) is 0 Å². The van der Waals surface area contributed by atoms with Gasteiger partial charge in [-0.05, 0) is 50.9 Å². The van der Waals surface area contributed by atoms with Gasteiger partial charge in [0.05, 0.1) is 0 Å². The number of hydrogen-bond acceptors (Lipinski definition) is 4. The fraction of sp³-hybridized carbons (Fsp3) is 0.467. The Morgan fingerprint density at radius 2 is 1.90 bits per heavy atom. The van der Waals surface area contributed by atoms with Gasteiger partial charge in [-0.1, -0.05) is 5.16 Å². The van der Waals surface area contributed by atoms with E-state index in [2.05, 4.69) is 15.5 Å². The van der Waals surface area contributed by atoms with E-state index in [1.54, 1.807) is 0 Å². The lowest BCUT2D eigenvalue weighted by Gasteiger charge is -2.25. The third-order valence-corrected chi connectivity index (χ3v) is 4.10. The van der Waals surface area contributed by atoms with E-state index in [4.69, 9.17) is 4.52 Å². The molecule has 112 valence electrons. The normalized spacial score (nSPS) is 22.4. The van der Waals surface area contributed by atoms with E-state index in [9.17, 15) is 8.78 Å². The molecule has 0 radical (unpaired) electrons. The summed E-state index contributed by atoms with van der Waals surface area (Å²) in [6.07, 6.45) is 4.13. The summed E-state index contributed by atoms with van der Waals surface area (Å²) in [5.74, 6) is -0.647. The number of aromatic nitrogens is 2. The van der Waals surface area contributed by atoms with Crippen molar-refractivity contribution in [3.8, 4) is 11.4 Å². The second kappa shape index (κ2) is 5.89. The average Bonchev–Trinajstić information content (AvgIpc) is 3.00. The van der Waals surface area contributed by atoms with E-state index in [0.717, 1.165) is 37.8 Å². The molecule has 1 aliphatic rings. The van der Waals surface area contributed by atoms with E-state index in [-0.39, 0.29) is 5.92 Å². The Kier molecular flexibility index (Phi) is 3.96. The summed E-state index contributed by atoms with van der Waals surface area (Å²) < 4.78 is 31.5. The maximum Gasteiger partial charge on any atom is 0.230 e. The Morgan fingerprint density at radius 1 is 1.14 bits per heavy atom. The Bertz CT molecular complexity index is 621. The second-order valence-corrected chi connectivity index (χ2v) is 5.42. The first kappa shape index (κ1) is 14.1. The monoisotopic (exact) mass is 293 g/mol. The van der Waals surface area contributed by atoms with Gasteiger partial charge in [0.2, 0.25) is 11.7 Å². The molecular weight excluding hydrogens is 276 g/mol. The zero-order valence-electron chi connectivity index (χ0n) is 11.8. The highest BCUT2D eigenvalue weighted by molar-refractivity contribution is 5.54. The van der Waals surface area contributed by atoms with Crippen LogP contribution in [0.15, 0.2) is 22.7 Å². The molecule has 1 heterocycles. The third-order valence-electron chi connectivity index (χ3n) is 4.10. The number of benzene rings is 1. The van der Waals surface area contributed by atoms with Crippen LogP contribution in [0, 0.1) is 11.6 Å². The van der Waals surface area contributed by atoms with Gasteiger partial charge in [0.25, 0.3) is 0 Å². The van der Waals surface area contributed by atoms with Crippen LogP contribution in [0.3, 0.4) is 0 Å². The molecule has 6 heteroatoms. The van der Waals surface area contributed by atoms with Crippen LogP contribution in [0.4, 0.5) is 8.78 Å². The molecule has 1 saturated carbocycles. The standard InChI is InChI=1S/C15H17F2N3O/c1-18-11-5-2-9(3-6-11)15-19-14(20-21-15)10-4-7-12(16)13(17)8-10/h4,7-9,11,18H,2-3,5-6H2,1H3. The smallest absolute Gasteiger partial charge is 0.230 e. The van der Waals surface area contributed by atoms with E-state index < -0.39 is 11.6 Å². The largest absolute Gasteiger partial charge is 0.339 e. The molecule has 0 saturated heterocycles. The fourth-order valence-corrected chi connectivity index (χ4v) is 2.78. The van der Waals surface area contributed by atoms with Crippen molar-refractivity contribution >= 4 is 0 Å². The Morgan fingerprint density at radius 3 is 2.57 bits per heavy atom. The number of nitrogens with one attached hydrogen (secondary N) is 1. The molecule has 1 aliphatic carbocycles. The summed E-state index contributed by atoms with van der Waals surface area (Å²) in [6, 6.07) is 4.15. The van der Waals surface area contributed by atoms with Gasteiger partial charge in [0, 0.05) is 17.5 Å². The first-order valence-corrected chi connectivity index (χ1v) is 7.13. The Labute approximate surface area is 121 Å². The Balaban J connectivity index is 1.76. The van der Waals surface area contributed by atoms with Crippen LogP contribution in [0.25, 0.3) is 11.4 Å². The average molecular weight is 293 g/mol. The Hall–Kier alpha value is -1.82. The summed E-state index contributed by atoms with van der Waals surface area (Å²) in [5, 5.41) is 7.16. The highest BCUT2D eigenvalue weighted by atomic mass is 19.2. The minimum Gasteiger partial charge on any atom is -0.339 e. The van der Waals surface area contributed by atoms with Crippen LogP contribution in [0.5, 0.6) is 0 Å². The highest BCUT2D eigenvalue weighted by Crippen LogP contribution is 2.32. The van der Waals surface area contributed by atoms with Gasteiger partial charge in [0.1, 0.15) is 0 Å². The van der Waals surface area contributed by atoms with Crippen molar-refractivity contribution in [3.63, 3.8) is 0 Å². The first-order chi connectivity index (χ1) is 10.2. The molecule has 1 aromatic heterocycles. The molecule has 0 aliphatic heterocycles. The first-order valence-electron chi connectivity index (χ1n) is 7.13. The topological polar surface area (TPSA) is 51.0 Å².